The lowest BCUT2D eigenvalue weighted by Gasteiger charge is -2.69. The number of rotatable bonds is 9. The number of allylic oxidation sites excluding steroid dienone is 2. The molecule has 0 radical (unpaired) electrons. The van der Waals surface area contributed by atoms with E-state index in [0.717, 1.165) is 49.7 Å². The standard InChI is InChI=1S/C44H62N2O5/c1-25(2)38-34(48)22-44(23-37(49)46-24-27-13-18-45-19-14-27)17-11-32-29(39(38)44)8-9-36-42(32,6)16-12-35-41(4,5)28(10-15-43(35,36)7)20-33(47)30-21-31(26(30)3)40(50)51/h13-14,18-19,25-26,28-32,35-36H,8-12,15-17,20-24H2,1-7H3,(H,46,49)(H,50,51). The molecule has 1 aromatic rings. The lowest BCUT2D eigenvalue weighted by Crippen LogP contribution is -2.62. The van der Waals surface area contributed by atoms with Crippen LogP contribution in [0, 0.1) is 74.9 Å². The van der Waals surface area contributed by atoms with Crippen LogP contribution in [0.2, 0.25) is 0 Å². The summed E-state index contributed by atoms with van der Waals surface area (Å²) in [6.45, 7) is 16.8. The van der Waals surface area contributed by atoms with Gasteiger partial charge in [-0.15, -0.1) is 0 Å². The van der Waals surface area contributed by atoms with E-state index in [9.17, 15) is 24.3 Å². The maximum atomic E-state index is 13.9. The highest BCUT2D eigenvalue weighted by molar-refractivity contribution is 6.01. The Hall–Kier alpha value is -2.83. The smallest absolute Gasteiger partial charge is 0.306 e. The van der Waals surface area contributed by atoms with Gasteiger partial charge >= 0.3 is 5.97 Å². The summed E-state index contributed by atoms with van der Waals surface area (Å²) in [5.41, 5.74) is 3.48. The Kier molecular flexibility index (Phi) is 9.26. The number of carbonyl (C=O) groups is 4. The summed E-state index contributed by atoms with van der Waals surface area (Å²) >= 11 is 0. The molecule has 51 heavy (non-hydrogen) atoms. The van der Waals surface area contributed by atoms with Gasteiger partial charge in [-0.1, -0.05) is 54.0 Å². The quantitative estimate of drug-likeness (QED) is 0.267. The predicted octanol–water partition coefficient (Wildman–Crippen LogP) is 8.61. The number of nitrogens with zero attached hydrogens (tertiary/aromatic N) is 1. The van der Waals surface area contributed by atoms with Crippen LogP contribution in [0.1, 0.15) is 131 Å². The SMILES string of the molecule is CC(C)C1=C2C3CCC4C(C)(CCC5C(C)(C)C(CC(=O)C6CC(C(=O)O)C6C)CCC54C)C3CCC2(CC(=O)NCc2ccncc2)CC1=O. The van der Waals surface area contributed by atoms with Crippen LogP contribution in [0.15, 0.2) is 35.7 Å². The number of pyridine rings is 1. The van der Waals surface area contributed by atoms with Crippen LogP contribution >= 0.6 is 0 Å². The van der Waals surface area contributed by atoms with Crippen LogP contribution in [-0.2, 0) is 25.7 Å². The summed E-state index contributed by atoms with van der Waals surface area (Å²) in [6.07, 6.45) is 14.3. The molecule has 2 N–H and O–H groups in total. The van der Waals surface area contributed by atoms with Crippen molar-refractivity contribution in [3.63, 3.8) is 0 Å². The normalized spacial score (nSPS) is 41.1. The number of Topliss-reactive ketones (excluding diaryl/α,β-unsaturated/α-hetero) is 2. The van der Waals surface area contributed by atoms with Gasteiger partial charge in [-0.25, -0.2) is 0 Å². The van der Waals surface area contributed by atoms with Gasteiger partial charge in [-0.2, -0.15) is 0 Å². The van der Waals surface area contributed by atoms with E-state index in [1.54, 1.807) is 12.4 Å². The van der Waals surface area contributed by atoms with E-state index in [4.69, 9.17) is 0 Å². The number of carboxylic acid groups (broad SMARTS) is 1. The zero-order chi connectivity index (χ0) is 36.7. The lowest BCUT2D eigenvalue weighted by molar-refractivity contribution is -0.193. The van der Waals surface area contributed by atoms with Gasteiger partial charge in [0.05, 0.1) is 5.92 Å². The molecule has 6 aliphatic carbocycles. The first-order chi connectivity index (χ1) is 24.0. The minimum Gasteiger partial charge on any atom is -0.481 e. The largest absolute Gasteiger partial charge is 0.481 e. The average Bonchev–Trinajstić information content (AvgIpc) is 3.36. The van der Waals surface area contributed by atoms with E-state index in [1.807, 2.05) is 19.1 Å². The number of carbonyl (C=O) groups excluding carboxylic acids is 3. The molecule has 0 aromatic carbocycles. The molecular weight excluding hydrogens is 636 g/mol. The molecular formula is C44H62N2O5. The highest BCUT2D eigenvalue weighted by Crippen LogP contribution is 2.74. The fourth-order valence-electron chi connectivity index (χ4n) is 14.1. The first kappa shape index (κ1) is 36.5. The molecule has 5 fully saturated rings. The molecule has 7 rings (SSSR count). The number of amides is 1. The Morgan fingerprint density at radius 1 is 0.922 bits per heavy atom. The average molecular weight is 699 g/mol. The summed E-state index contributed by atoms with van der Waals surface area (Å²) in [7, 11) is 0. The second kappa shape index (κ2) is 12.9. The summed E-state index contributed by atoms with van der Waals surface area (Å²) in [6, 6.07) is 3.86. The van der Waals surface area contributed by atoms with E-state index >= 15 is 0 Å². The van der Waals surface area contributed by atoms with Crippen molar-refractivity contribution in [2.75, 3.05) is 0 Å². The summed E-state index contributed by atoms with van der Waals surface area (Å²) in [5, 5.41) is 12.7. The third-order valence-corrected chi connectivity index (χ3v) is 16.7. The van der Waals surface area contributed by atoms with E-state index in [0.29, 0.717) is 67.6 Å². The van der Waals surface area contributed by atoms with Crippen molar-refractivity contribution in [3.8, 4) is 0 Å². The first-order valence-electron chi connectivity index (χ1n) is 20.2. The predicted molar refractivity (Wildman–Crippen MR) is 197 cm³/mol. The van der Waals surface area contributed by atoms with E-state index in [-0.39, 0.29) is 57.0 Å². The first-order valence-corrected chi connectivity index (χ1v) is 20.2. The highest BCUT2D eigenvalue weighted by Gasteiger charge is 2.66. The molecule has 278 valence electrons. The Morgan fingerprint density at radius 3 is 2.29 bits per heavy atom. The molecule has 0 saturated heterocycles. The van der Waals surface area contributed by atoms with Gasteiger partial charge < -0.3 is 10.4 Å². The van der Waals surface area contributed by atoms with Crippen molar-refractivity contribution in [1.82, 2.24) is 10.3 Å². The minimum atomic E-state index is -0.761. The molecule has 1 heterocycles. The molecule has 1 aromatic heterocycles. The van der Waals surface area contributed by atoms with Crippen LogP contribution in [-0.4, -0.2) is 33.5 Å². The van der Waals surface area contributed by atoms with Gasteiger partial charge in [0.15, 0.2) is 5.78 Å². The molecule has 5 saturated carbocycles. The molecule has 0 aliphatic heterocycles. The van der Waals surface area contributed by atoms with E-state index in [1.165, 1.54) is 18.4 Å². The molecule has 7 heteroatoms. The number of aromatic nitrogens is 1. The van der Waals surface area contributed by atoms with Crippen LogP contribution in [0.4, 0.5) is 0 Å². The summed E-state index contributed by atoms with van der Waals surface area (Å²) in [4.78, 5) is 56.7. The number of hydrogen-bond donors (Lipinski definition) is 2. The van der Waals surface area contributed by atoms with Gasteiger partial charge in [0.25, 0.3) is 0 Å². The van der Waals surface area contributed by atoms with Crippen molar-refractivity contribution < 1.29 is 24.3 Å². The monoisotopic (exact) mass is 698 g/mol. The molecule has 0 bridgehead atoms. The number of ketones is 2. The van der Waals surface area contributed by atoms with Gasteiger partial charge in [0, 0.05) is 49.5 Å². The van der Waals surface area contributed by atoms with Crippen LogP contribution in [0.25, 0.3) is 0 Å². The molecule has 7 nitrogen and oxygen atoms in total. The van der Waals surface area contributed by atoms with Crippen molar-refractivity contribution >= 4 is 23.4 Å². The van der Waals surface area contributed by atoms with Crippen molar-refractivity contribution in [2.45, 2.75) is 132 Å². The number of nitrogens with one attached hydrogen (secondary N) is 1. The maximum absolute atomic E-state index is 13.9. The van der Waals surface area contributed by atoms with Crippen molar-refractivity contribution in [2.24, 2.45) is 74.9 Å². The van der Waals surface area contributed by atoms with Crippen molar-refractivity contribution in [1.29, 1.82) is 0 Å². The Balaban J connectivity index is 1.10. The highest BCUT2D eigenvalue weighted by atomic mass is 16.4. The molecule has 0 spiro atoms. The van der Waals surface area contributed by atoms with Crippen LogP contribution in [0.5, 0.6) is 0 Å². The summed E-state index contributed by atoms with van der Waals surface area (Å²) in [5.74, 6) is 1.82. The molecule has 11 unspecified atom stereocenters. The number of aliphatic carboxylic acids is 1. The van der Waals surface area contributed by atoms with Gasteiger partial charge in [-0.3, -0.25) is 24.2 Å². The number of carboxylic acids is 1. The van der Waals surface area contributed by atoms with Gasteiger partial charge in [0.1, 0.15) is 5.78 Å². The maximum Gasteiger partial charge on any atom is 0.306 e. The Labute approximate surface area is 305 Å². The Morgan fingerprint density at radius 2 is 1.63 bits per heavy atom. The van der Waals surface area contributed by atoms with Crippen molar-refractivity contribution in [3.05, 3.63) is 41.2 Å². The third-order valence-electron chi connectivity index (χ3n) is 16.7. The topological polar surface area (TPSA) is 113 Å². The third kappa shape index (κ3) is 5.77. The fourth-order valence-corrected chi connectivity index (χ4v) is 14.1. The molecule has 6 aliphatic rings. The van der Waals surface area contributed by atoms with E-state index in [2.05, 4.69) is 51.8 Å². The summed E-state index contributed by atoms with van der Waals surface area (Å²) < 4.78 is 0. The minimum absolute atomic E-state index is 0.0383. The van der Waals surface area contributed by atoms with Gasteiger partial charge in [0.2, 0.25) is 5.91 Å². The van der Waals surface area contributed by atoms with Gasteiger partial charge in [-0.05, 0) is 139 Å². The number of hydrogen-bond acceptors (Lipinski definition) is 5. The van der Waals surface area contributed by atoms with E-state index < -0.39 is 5.97 Å². The zero-order valence-electron chi connectivity index (χ0n) is 32.2. The number of fused-ring (bicyclic) bond motifs is 7. The lowest BCUT2D eigenvalue weighted by atomic mass is 9.35. The zero-order valence-corrected chi connectivity index (χ0v) is 32.2. The molecule has 11 atom stereocenters. The molecule has 1 amide bonds. The second-order valence-electron chi connectivity index (χ2n) is 19.5. The Bertz CT molecular complexity index is 1610. The second-order valence-corrected chi connectivity index (χ2v) is 19.5. The fraction of sp³-hybridized carbons (Fsp3) is 0.750. The van der Waals surface area contributed by atoms with Crippen LogP contribution < -0.4 is 5.32 Å². The van der Waals surface area contributed by atoms with Crippen LogP contribution in [0.3, 0.4) is 0 Å².